The van der Waals surface area contributed by atoms with E-state index in [2.05, 4.69) is 21.2 Å². The first-order valence-corrected chi connectivity index (χ1v) is 5.90. The molecule has 0 saturated carbocycles. The van der Waals surface area contributed by atoms with Crippen LogP contribution < -0.4 is 10.1 Å². The summed E-state index contributed by atoms with van der Waals surface area (Å²) in [6, 6.07) is 1.63. The van der Waals surface area contributed by atoms with Gasteiger partial charge in [-0.15, -0.1) is 0 Å². The van der Waals surface area contributed by atoms with E-state index >= 15 is 0 Å². The second-order valence-electron chi connectivity index (χ2n) is 3.83. The zero-order chi connectivity index (χ0) is 11.7. The number of aromatic hydroxyl groups is 1. The Morgan fingerprint density at radius 2 is 2.38 bits per heavy atom. The smallest absolute Gasteiger partial charge is 0.198 e. The molecule has 0 bridgehead atoms. The minimum atomic E-state index is -0.560. The Labute approximate surface area is 102 Å². The van der Waals surface area contributed by atoms with Crippen LogP contribution in [0, 0.1) is 5.82 Å². The standard InChI is InChI=1S/C11H13BrFNO2/c1-16-11-9(13)8(12)4-7(10(11)15)6-2-3-14-5-6/h4,6,14-15H,2-3,5H2,1H3. The van der Waals surface area contributed by atoms with Crippen molar-refractivity contribution in [2.24, 2.45) is 0 Å². The molecule has 5 heteroatoms. The normalized spacial score (nSPS) is 20.1. The summed E-state index contributed by atoms with van der Waals surface area (Å²) in [7, 11) is 1.35. The van der Waals surface area contributed by atoms with Crippen LogP contribution in [0.5, 0.6) is 11.5 Å². The highest BCUT2D eigenvalue weighted by Gasteiger charge is 2.25. The van der Waals surface area contributed by atoms with Gasteiger partial charge in [0.2, 0.25) is 0 Å². The van der Waals surface area contributed by atoms with E-state index in [-0.39, 0.29) is 17.4 Å². The van der Waals surface area contributed by atoms with E-state index in [4.69, 9.17) is 4.74 Å². The van der Waals surface area contributed by atoms with Crippen molar-refractivity contribution in [1.82, 2.24) is 5.32 Å². The van der Waals surface area contributed by atoms with Gasteiger partial charge < -0.3 is 15.2 Å². The van der Waals surface area contributed by atoms with Crippen LogP contribution >= 0.6 is 15.9 Å². The van der Waals surface area contributed by atoms with Gasteiger partial charge in [-0.25, -0.2) is 4.39 Å². The summed E-state index contributed by atoms with van der Waals surface area (Å²) in [5.41, 5.74) is 0.732. The molecule has 1 unspecified atom stereocenters. The topological polar surface area (TPSA) is 41.5 Å². The number of methoxy groups -OCH3 is 1. The van der Waals surface area contributed by atoms with Crippen LogP contribution in [0.1, 0.15) is 17.9 Å². The van der Waals surface area contributed by atoms with Gasteiger partial charge in [-0.1, -0.05) is 0 Å². The van der Waals surface area contributed by atoms with Crippen molar-refractivity contribution in [2.45, 2.75) is 12.3 Å². The number of rotatable bonds is 2. The highest BCUT2D eigenvalue weighted by Crippen LogP contribution is 2.41. The van der Waals surface area contributed by atoms with E-state index in [1.54, 1.807) is 6.07 Å². The molecule has 1 aromatic rings. The first-order chi connectivity index (χ1) is 7.65. The van der Waals surface area contributed by atoms with Crippen molar-refractivity contribution in [3.8, 4) is 11.5 Å². The second-order valence-corrected chi connectivity index (χ2v) is 4.69. The van der Waals surface area contributed by atoms with Gasteiger partial charge in [0.1, 0.15) is 0 Å². The minimum absolute atomic E-state index is 0.0862. The molecule has 0 radical (unpaired) electrons. The van der Waals surface area contributed by atoms with E-state index in [9.17, 15) is 9.50 Å². The first kappa shape index (κ1) is 11.7. The van der Waals surface area contributed by atoms with Crippen LogP contribution in [0.15, 0.2) is 10.5 Å². The molecule has 1 fully saturated rings. The number of phenolic OH excluding ortho intramolecular Hbond substituents is 1. The molecule has 2 N–H and O–H groups in total. The van der Waals surface area contributed by atoms with Crippen LogP contribution in [-0.4, -0.2) is 25.3 Å². The molecule has 1 aliphatic rings. The van der Waals surface area contributed by atoms with Gasteiger partial charge in [0.15, 0.2) is 17.3 Å². The van der Waals surface area contributed by atoms with Gasteiger partial charge in [0.25, 0.3) is 0 Å². The molecule has 1 heterocycles. The molecule has 1 saturated heterocycles. The highest BCUT2D eigenvalue weighted by molar-refractivity contribution is 9.10. The molecule has 0 spiro atoms. The van der Waals surface area contributed by atoms with E-state index in [0.29, 0.717) is 4.47 Å². The van der Waals surface area contributed by atoms with Crippen molar-refractivity contribution in [1.29, 1.82) is 0 Å². The molecule has 1 aromatic carbocycles. The Balaban J connectivity index is 2.49. The summed E-state index contributed by atoms with van der Waals surface area (Å²) < 4.78 is 18.8. The number of ether oxygens (including phenoxy) is 1. The molecule has 0 aromatic heterocycles. The van der Waals surface area contributed by atoms with Gasteiger partial charge >= 0.3 is 0 Å². The Kier molecular flexibility index (Phi) is 3.35. The molecule has 1 atom stereocenters. The lowest BCUT2D eigenvalue weighted by Crippen LogP contribution is -2.08. The Morgan fingerprint density at radius 1 is 1.62 bits per heavy atom. The third-order valence-electron chi connectivity index (χ3n) is 2.88. The van der Waals surface area contributed by atoms with Crippen LogP contribution in [-0.2, 0) is 0 Å². The van der Waals surface area contributed by atoms with Crippen LogP contribution in [0.4, 0.5) is 4.39 Å². The fraction of sp³-hybridized carbons (Fsp3) is 0.455. The van der Waals surface area contributed by atoms with Gasteiger partial charge in [-0.3, -0.25) is 0 Å². The zero-order valence-corrected chi connectivity index (χ0v) is 10.5. The van der Waals surface area contributed by atoms with Gasteiger partial charge in [-0.05, 0) is 35.0 Å². The van der Waals surface area contributed by atoms with Crippen LogP contribution in [0.2, 0.25) is 0 Å². The monoisotopic (exact) mass is 289 g/mol. The van der Waals surface area contributed by atoms with E-state index in [0.717, 1.165) is 25.1 Å². The van der Waals surface area contributed by atoms with Crippen molar-refractivity contribution < 1.29 is 14.2 Å². The molecule has 16 heavy (non-hydrogen) atoms. The number of hydrogen-bond donors (Lipinski definition) is 2. The average molecular weight is 290 g/mol. The van der Waals surface area contributed by atoms with E-state index in [1.807, 2.05) is 0 Å². The minimum Gasteiger partial charge on any atom is -0.504 e. The van der Waals surface area contributed by atoms with Crippen molar-refractivity contribution in [3.63, 3.8) is 0 Å². The van der Waals surface area contributed by atoms with E-state index < -0.39 is 5.82 Å². The molecule has 88 valence electrons. The predicted molar refractivity (Wildman–Crippen MR) is 62.5 cm³/mol. The summed E-state index contributed by atoms with van der Waals surface area (Å²) in [6.07, 6.45) is 0.939. The molecule has 1 aliphatic heterocycles. The maximum absolute atomic E-state index is 13.6. The number of nitrogens with one attached hydrogen (secondary N) is 1. The SMILES string of the molecule is COc1c(O)c(C2CCNC2)cc(Br)c1F. The van der Waals surface area contributed by atoms with Crippen LogP contribution in [0.3, 0.4) is 0 Å². The Hall–Kier alpha value is -0.810. The zero-order valence-electron chi connectivity index (χ0n) is 8.89. The lowest BCUT2D eigenvalue weighted by molar-refractivity contribution is 0.346. The lowest BCUT2D eigenvalue weighted by Gasteiger charge is -2.15. The van der Waals surface area contributed by atoms with Gasteiger partial charge in [-0.2, -0.15) is 0 Å². The molecule has 0 amide bonds. The summed E-state index contributed by atoms with van der Waals surface area (Å²) in [5.74, 6) is -0.520. The highest BCUT2D eigenvalue weighted by atomic mass is 79.9. The summed E-state index contributed by atoms with van der Waals surface area (Å²) in [6.45, 7) is 1.72. The van der Waals surface area contributed by atoms with Gasteiger partial charge in [0.05, 0.1) is 11.6 Å². The summed E-state index contributed by atoms with van der Waals surface area (Å²) >= 11 is 3.13. The first-order valence-electron chi connectivity index (χ1n) is 5.10. The van der Waals surface area contributed by atoms with Crippen LogP contribution in [0.25, 0.3) is 0 Å². The Bertz CT molecular complexity index is 405. The third kappa shape index (κ3) is 1.89. The number of benzene rings is 1. The quantitative estimate of drug-likeness (QED) is 0.878. The van der Waals surface area contributed by atoms with Crippen molar-refractivity contribution >= 4 is 15.9 Å². The number of halogens is 2. The van der Waals surface area contributed by atoms with Gasteiger partial charge in [0, 0.05) is 18.0 Å². The summed E-state index contributed by atoms with van der Waals surface area (Å²) in [4.78, 5) is 0. The molecular formula is C11H13BrFNO2. The number of phenols is 1. The Morgan fingerprint density at radius 3 is 2.94 bits per heavy atom. The van der Waals surface area contributed by atoms with E-state index in [1.165, 1.54) is 7.11 Å². The lowest BCUT2D eigenvalue weighted by atomic mass is 9.97. The maximum Gasteiger partial charge on any atom is 0.198 e. The average Bonchev–Trinajstić information content (AvgIpc) is 2.77. The second kappa shape index (κ2) is 4.59. The number of hydrogen-bond acceptors (Lipinski definition) is 3. The summed E-state index contributed by atoms with van der Waals surface area (Å²) in [5, 5.41) is 13.1. The predicted octanol–water partition coefficient (Wildman–Crippen LogP) is 2.38. The molecule has 3 nitrogen and oxygen atoms in total. The molecular weight excluding hydrogens is 277 g/mol. The van der Waals surface area contributed by atoms with Crippen molar-refractivity contribution in [2.75, 3.05) is 20.2 Å². The largest absolute Gasteiger partial charge is 0.504 e. The van der Waals surface area contributed by atoms with Crippen molar-refractivity contribution in [3.05, 3.63) is 21.9 Å². The third-order valence-corrected chi connectivity index (χ3v) is 3.46. The fourth-order valence-electron chi connectivity index (χ4n) is 2.03. The fourth-order valence-corrected chi connectivity index (χ4v) is 2.46. The maximum atomic E-state index is 13.6. The molecule has 2 rings (SSSR count). The molecule has 0 aliphatic carbocycles.